The third kappa shape index (κ3) is 2.47. The van der Waals surface area contributed by atoms with Gasteiger partial charge in [-0.2, -0.15) is 0 Å². The third-order valence-electron chi connectivity index (χ3n) is 2.38. The van der Waals surface area contributed by atoms with Crippen molar-refractivity contribution in [3.63, 3.8) is 0 Å². The Bertz CT molecular complexity index is 363. The summed E-state index contributed by atoms with van der Waals surface area (Å²) in [4.78, 5) is 1.15. The summed E-state index contributed by atoms with van der Waals surface area (Å²) >= 11 is 1.79. The molecule has 0 aliphatic carbocycles. The summed E-state index contributed by atoms with van der Waals surface area (Å²) < 4.78 is 5.86. The van der Waals surface area contributed by atoms with Crippen LogP contribution in [-0.2, 0) is 6.42 Å². The van der Waals surface area contributed by atoms with Crippen molar-refractivity contribution in [3.8, 4) is 5.75 Å². The molecule has 0 spiro atoms. The van der Waals surface area contributed by atoms with Gasteiger partial charge in [-0.25, -0.2) is 0 Å². The Kier molecular flexibility index (Phi) is 2.94. The van der Waals surface area contributed by atoms with Crippen LogP contribution in [-0.4, -0.2) is 18.5 Å². The molecule has 15 heavy (non-hydrogen) atoms. The normalized spacial score (nSPS) is 17.3. The Morgan fingerprint density at radius 1 is 1.40 bits per heavy atom. The highest BCUT2D eigenvalue weighted by molar-refractivity contribution is 8.00. The standard InChI is InChI=1S/C12H17NOS/c1-12(2)14-10-8-9(6-7-13-3)4-5-11(10)15-12/h4-5,8,13H,6-7H2,1-3H3. The van der Waals surface area contributed by atoms with Crippen molar-refractivity contribution in [1.29, 1.82) is 0 Å². The predicted octanol–water partition coefficient (Wildman–Crippen LogP) is 2.67. The Morgan fingerprint density at radius 2 is 2.20 bits per heavy atom. The highest BCUT2D eigenvalue weighted by Gasteiger charge is 2.30. The molecule has 1 aliphatic rings. The van der Waals surface area contributed by atoms with Gasteiger partial charge in [0, 0.05) is 0 Å². The van der Waals surface area contributed by atoms with Crippen LogP contribution >= 0.6 is 11.8 Å². The molecule has 0 amide bonds. The van der Waals surface area contributed by atoms with Gasteiger partial charge in [-0.05, 0) is 51.6 Å². The lowest BCUT2D eigenvalue weighted by atomic mass is 10.1. The van der Waals surface area contributed by atoms with Gasteiger partial charge in [0.1, 0.15) is 5.75 Å². The van der Waals surface area contributed by atoms with E-state index in [9.17, 15) is 0 Å². The van der Waals surface area contributed by atoms with Crippen molar-refractivity contribution in [2.24, 2.45) is 0 Å². The molecule has 1 aromatic carbocycles. The molecule has 1 aliphatic heterocycles. The van der Waals surface area contributed by atoms with E-state index in [-0.39, 0.29) is 4.93 Å². The van der Waals surface area contributed by atoms with Gasteiger partial charge in [0.05, 0.1) is 4.90 Å². The number of ether oxygens (including phenoxy) is 1. The number of rotatable bonds is 3. The molecule has 0 fully saturated rings. The topological polar surface area (TPSA) is 21.3 Å². The summed E-state index contributed by atoms with van der Waals surface area (Å²) in [5.74, 6) is 1.04. The minimum absolute atomic E-state index is 0.107. The van der Waals surface area contributed by atoms with Crippen LogP contribution in [0.15, 0.2) is 23.1 Å². The van der Waals surface area contributed by atoms with Gasteiger partial charge in [-0.1, -0.05) is 17.8 Å². The molecule has 2 nitrogen and oxygen atoms in total. The SMILES string of the molecule is CNCCc1ccc2c(c1)OC(C)(C)S2. The number of hydrogen-bond donors (Lipinski definition) is 1. The van der Waals surface area contributed by atoms with Gasteiger partial charge in [-0.3, -0.25) is 0 Å². The lowest BCUT2D eigenvalue weighted by molar-refractivity contribution is 0.215. The maximum Gasteiger partial charge on any atom is 0.153 e. The molecule has 0 aromatic heterocycles. The summed E-state index contributed by atoms with van der Waals surface area (Å²) in [5, 5.41) is 3.15. The molecule has 2 rings (SSSR count). The molecule has 1 aromatic rings. The number of nitrogens with one attached hydrogen (secondary N) is 1. The summed E-state index contributed by atoms with van der Waals surface area (Å²) in [6.07, 6.45) is 1.05. The molecule has 1 N–H and O–H groups in total. The number of likely N-dealkylation sites (N-methyl/N-ethyl adjacent to an activating group) is 1. The Balaban J connectivity index is 2.15. The first kappa shape index (κ1) is 10.8. The molecule has 0 bridgehead atoms. The van der Waals surface area contributed by atoms with Crippen LogP contribution in [0.4, 0.5) is 0 Å². The van der Waals surface area contributed by atoms with Gasteiger partial charge < -0.3 is 10.1 Å². The van der Waals surface area contributed by atoms with E-state index in [1.54, 1.807) is 11.8 Å². The first-order valence-corrected chi connectivity index (χ1v) is 6.08. The molecule has 0 saturated carbocycles. The fourth-order valence-corrected chi connectivity index (χ4v) is 2.69. The maximum absolute atomic E-state index is 5.86. The monoisotopic (exact) mass is 223 g/mol. The molecule has 0 radical (unpaired) electrons. The summed E-state index contributed by atoms with van der Waals surface area (Å²) in [6, 6.07) is 6.52. The van der Waals surface area contributed by atoms with Crippen molar-refractivity contribution >= 4 is 11.8 Å². The number of fused-ring (bicyclic) bond motifs is 1. The molecule has 82 valence electrons. The molecular weight excluding hydrogens is 206 g/mol. The van der Waals surface area contributed by atoms with Crippen LogP contribution in [0, 0.1) is 0 Å². The minimum Gasteiger partial charge on any atom is -0.476 e. The number of hydrogen-bond acceptors (Lipinski definition) is 3. The lowest BCUT2D eigenvalue weighted by Crippen LogP contribution is -2.18. The van der Waals surface area contributed by atoms with E-state index in [4.69, 9.17) is 4.74 Å². The van der Waals surface area contributed by atoms with Crippen molar-refractivity contribution < 1.29 is 4.74 Å². The van der Waals surface area contributed by atoms with Gasteiger partial charge >= 0.3 is 0 Å². The Labute approximate surface area is 95.4 Å². The van der Waals surface area contributed by atoms with Crippen LogP contribution in [0.5, 0.6) is 5.75 Å². The van der Waals surface area contributed by atoms with E-state index in [1.807, 2.05) is 7.05 Å². The highest BCUT2D eigenvalue weighted by atomic mass is 32.2. The Morgan fingerprint density at radius 3 is 2.93 bits per heavy atom. The predicted molar refractivity (Wildman–Crippen MR) is 64.6 cm³/mol. The average Bonchev–Trinajstić information content (AvgIpc) is 2.47. The second kappa shape index (κ2) is 4.06. The van der Waals surface area contributed by atoms with Crippen LogP contribution in [0.1, 0.15) is 19.4 Å². The second-order valence-corrected chi connectivity index (χ2v) is 5.87. The summed E-state index contributed by atoms with van der Waals surface area (Å²) in [5.41, 5.74) is 1.33. The zero-order valence-electron chi connectivity index (χ0n) is 9.46. The number of thioether (sulfide) groups is 1. The first-order chi connectivity index (χ1) is 7.11. The fraction of sp³-hybridized carbons (Fsp3) is 0.500. The smallest absolute Gasteiger partial charge is 0.153 e. The molecule has 0 saturated heterocycles. The largest absolute Gasteiger partial charge is 0.476 e. The zero-order chi connectivity index (χ0) is 10.9. The fourth-order valence-electron chi connectivity index (χ4n) is 1.69. The first-order valence-electron chi connectivity index (χ1n) is 5.26. The summed E-state index contributed by atoms with van der Waals surface area (Å²) in [7, 11) is 1.98. The van der Waals surface area contributed by atoms with Gasteiger partial charge in [0.25, 0.3) is 0 Å². The molecule has 0 unspecified atom stereocenters. The quantitative estimate of drug-likeness (QED) is 0.851. The van der Waals surface area contributed by atoms with Crippen LogP contribution < -0.4 is 10.1 Å². The van der Waals surface area contributed by atoms with E-state index >= 15 is 0 Å². The van der Waals surface area contributed by atoms with E-state index < -0.39 is 0 Å². The van der Waals surface area contributed by atoms with Crippen molar-refractivity contribution in [2.75, 3.05) is 13.6 Å². The lowest BCUT2D eigenvalue weighted by Gasteiger charge is -2.15. The van der Waals surface area contributed by atoms with Crippen LogP contribution in [0.3, 0.4) is 0 Å². The van der Waals surface area contributed by atoms with Crippen LogP contribution in [0.2, 0.25) is 0 Å². The van der Waals surface area contributed by atoms with Gasteiger partial charge in [0.15, 0.2) is 4.93 Å². The zero-order valence-corrected chi connectivity index (χ0v) is 10.3. The van der Waals surface area contributed by atoms with Crippen molar-refractivity contribution in [2.45, 2.75) is 30.1 Å². The number of benzene rings is 1. The summed E-state index contributed by atoms with van der Waals surface area (Å²) in [6.45, 7) is 5.21. The Hall–Kier alpha value is -0.670. The van der Waals surface area contributed by atoms with Gasteiger partial charge in [0.2, 0.25) is 0 Å². The van der Waals surface area contributed by atoms with E-state index in [1.165, 1.54) is 10.5 Å². The molecule has 3 heteroatoms. The van der Waals surface area contributed by atoms with E-state index in [0.29, 0.717) is 0 Å². The van der Waals surface area contributed by atoms with Crippen molar-refractivity contribution in [1.82, 2.24) is 5.32 Å². The molecular formula is C12H17NOS. The minimum atomic E-state index is -0.107. The van der Waals surface area contributed by atoms with Crippen LogP contribution in [0.25, 0.3) is 0 Å². The highest BCUT2D eigenvalue weighted by Crippen LogP contribution is 2.47. The average molecular weight is 223 g/mol. The van der Waals surface area contributed by atoms with Gasteiger partial charge in [-0.15, -0.1) is 0 Å². The van der Waals surface area contributed by atoms with Crippen molar-refractivity contribution in [3.05, 3.63) is 23.8 Å². The molecule has 0 atom stereocenters. The molecule has 1 heterocycles. The maximum atomic E-state index is 5.86. The second-order valence-electron chi connectivity index (χ2n) is 4.24. The third-order valence-corrected chi connectivity index (χ3v) is 3.52. The van der Waals surface area contributed by atoms with E-state index in [2.05, 4.69) is 37.4 Å². The van der Waals surface area contributed by atoms with E-state index in [0.717, 1.165) is 18.7 Å².